The molecule has 0 bridgehead atoms. The fourth-order valence-electron chi connectivity index (χ4n) is 10.6. The Labute approximate surface area is 197 Å². The fourth-order valence-corrected chi connectivity index (χ4v) is 10.6. The minimum absolute atomic E-state index is 0.0191. The van der Waals surface area contributed by atoms with E-state index in [1.54, 1.807) is 5.57 Å². The molecule has 8 atom stereocenters. The molecule has 0 spiro atoms. The Morgan fingerprint density at radius 1 is 0.844 bits per heavy atom. The molecule has 0 unspecified atom stereocenters. The van der Waals surface area contributed by atoms with Gasteiger partial charge in [0.15, 0.2) is 0 Å². The van der Waals surface area contributed by atoms with Crippen molar-refractivity contribution in [1.82, 2.24) is 0 Å². The van der Waals surface area contributed by atoms with Gasteiger partial charge in [0.2, 0.25) is 0 Å². The predicted molar refractivity (Wildman–Crippen MR) is 132 cm³/mol. The van der Waals surface area contributed by atoms with Gasteiger partial charge in [-0.15, -0.1) is 0 Å². The molecule has 32 heavy (non-hydrogen) atoms. The van der Waals surface area contributed by atoms with Gasteiger partial charge in [-0.2, -0.15) is 0 Å². The van der Waals surface area contributed by atoms with E-state index in [-0.39, 0.29) is 22.3 Å². The normalized spacial score (nSPS) is 53.8. The van der Waals surface area contributed by atoms with Crippen LogP contribution in [0.2, 0.25) is 0 Å². The number of hydrogen-bond acceptors (Lipinski definition) is 2. The van der Waals surface area contributed by atoms with Crippen LogP contribution in [0.5, 0.6) is 0 Å². The molecule has 2 heteroatoms. The zero-order valence-corrected chi connectivity index (χ0v) is 22.1. The summed E-state index contributed by atoms with van der Waals surface area (Å²) in [6.07, 6.45) is 14.6. The van der Waals surface area contributed by atoms with Gasteiger partial charge in [-0.1, -0.05) is 60.1 Å². The second kappa shape index (κ2) is 6.87. The number of allylic oxidation sites excluding steroid dienone is 2. The summed E-state index contributed by atoms with van der Waals surface area (Å²) in [7, 11) is 0. The van der Waals surface area contributed by atoms with E-state index in [1.807, 2.05) is 0 Å². The van der Waals surface area contributed by atoms with Crippen molar-refractivity contribution in [2.75, 3.05) is 6.61 Å². The molecule has 4 saturated carbocycles. The van der Waals surface area contributed by atoms with Crippen LogP contribution in [-0.4, -0.2) is 22.9 Å². The lowest BCUT2D eigenvalue weighted by molar-refractivity contribution is -0.204. The first-order valence-electron chi connectivity index (χ1n) is 13.8. The Morgan fingerprint density at radius 2 is 1.53 bits per heavy atom. The van der Waals surface area contributed by atoms with E-state index in [2.05, 4.69) is 54.5 Å². The third-order valence-corrected chi connectivity index (χ3v) is 13.1. The standard InChI is InChI=1S/C30H50O2/c1-25(2)14-16-30(19-31)17-15-28(6)20(21(30)18-25)8-9-23-27(5)12-11-24(32)26(3,4)22(27)10-13-29(23,28)7/h8,21-24,31-32H,9-19H2,1-7H3/t21-,22-,23+,24-,27-,28+,29+,30+/m0/s1. The second-order valence-electron chi connectivity index (χ2n) is 15.1. The molecule has 4 fully saturated rings. The molecule has 0 aromatic rings. The molecule has 0 heterocycles. The molecule has 2 N–H and O–H groups in total. The van der Waals surface area contributed by atoms with E-state index in [0.29, 0.717) is 40.6 Å². The topological polar surface area (TPSA) is 40.5 Å². The molecule has 5 aliphatic carbocycles. The zero-order chi connectivity index (χ0) is 23.4. The van der Waals surface area contributed by atoms with Crippen LogP contribution in [0.1, 0.15) is 113 Å². The van der Waals surface area contributed by atoms with Gasteiger partial charge >= 0.3 is 0 Å². The van der Waals surface area contributed by atoms with Crippen LogP contribution in [0.15, 0.2) is 11.6 Å². The maximum absolute atomic E-state index is 10.9. The second-order valence-corrected chi connectivity index (χ2v) is 15.1. The van der Waals surface area contributed by atoms with E-state index >= 15 is 0 Å². The molecular formula is C30H50O2. The van der Waals surface area contributed by atoms with Crippen molar-refractivity contribution in [2.24, 2.45) is 50.2 Å². The predicted octanol–water partition coefficient (Wildman–Crippen LogP) is 7.14. The van der Waals surface area contributed by atoms with Crippen LogP contribution in [0.4, 0.5) is 0 Å². The third kappa shape index (κ3) is 2.78. The first-order valence-corrected chi connectivity index (χ1v) is 13.8. The highest BCUT2D eigenvalue weighted by molar-refractivity contribution is 5.33. The van der Waals surface area contributed by atoms with Crippen molar-refractivity contribution in [1.29, 1.82) is 0 Å². The van der Waals surface area contributed by atoms with Crippen LogP contribution in [0.3, 0.4) is 0 Å². The lowest BCUT2D eigenvalue weighted by Crippen LogP contribution is -2.64. The third-order valence-electron chi connectivity index (χ3n) is 13.1. The average molecular weight is 443 g/mol. The SMILES string of the molecule is CC1(C)CC[C@]2(CO)CC[C@]3(C)C(=CC[C@@H]4[C@@]5(C)CC[C@H](O)C(C)(C)[C@@H]5CC[C@]43C)[C@@H]2C1. The molecule has 0 radical (unpaired) electrons. The summed E-state index contributed by atoms with van der Waals surface area (Å²) in [5.74, 6) is 1.87. The molecular weight excluding hydrogens is 392 g/mol. The lowest BCUT2D eigenvalue weighted by Gasteiger charge is -2.71. The van der Waals surface area contributed by atoms with Crippen molar-refractivity contribution in [2.45, 2.75) is 119 Å². The largest absolute Gasteiger partial charge is 0.396 e. The molecule has 0 aliphatic heterocycles. The molecule has 0 amide bonds. The first-order chi connectivity index (χ1) is 14.8. The van der Waals surface area contributed by atoms with Crippen molar-refractivity contribution in [3.05, 3.63) is 11.6 Å². The highest BCUT2D eigenvalue weighted by Crippen LogP contribution is 2.75. The number of hydrogen-bond donors (Lipinski definition) is 2. The fraction of sp³-hybridized carbons (Fsp3) is 0.933. The summed E-state index contributed by atoms with van der Waals surface area (Å²) in [4.78, 5) is 0. The van der Waals surface area contributed by atoms with Crippen molar-refractivity contribution < 1.29 is 10.2 Å². The molecule has 5 rings (SSSR count). The van der Waals surface area contributed by atoms with Crippen molar-refractivity contribution >= 4 is 0 Å². The molecule has 2 nitrogen and oxygen atoms in total. The minimum atomic E-state index is -0.153. The Balaban J connectivity index is 1.58. The Bertz CT molecular complexity index is 810. The van der Waals surface area contributed by atoms with E-state index in [0.717, 1.165) is 6.42 Å². The van der Waals surface area contributed by atoms with Gasteiger partial charge in [-0.05, 0) is 109 Å². The van der Waals surface area contributed by atoms with Gasteiger partial charge < -0.3 is 10.2 Å². The summed E-state index contributed by atoms with van der Waals surface area (Å²) < 4.78 is 0. The van der Waals surface area contributed by atoms with Crippen molar-refractivity contribution in [3.63, 3.8) is 0 Å². The quantitative estimate of drug-likeness (QED) is 0.424. The molecule has 5 aliphatic rings. The van der Waals surface area contributed by atoms with Crippen LogP contribution in [-0.2, 0) is 0 Å². The van der Waals surface area contributed by atoms with Crippen LogP contribution < -0.4 is 0 Å². The van der Waals surface area contributed by atoms with Gasteiger partial charge in [0.05, 0.1) is 6.10 Å². The van der Waals surface area contributed by atoms with E-state index in [4.69, 9.17) is 0 Å². The van der Waals surface area contributed by atoms with Crippen molar-refractivity contribution in [3.8, 4) is 0 Å². The van der Waals surface area contributed by atoms with E-state index in [1.165, 1.54) is 57.8 Å². The lowest BCUT2D eigenvalue weighted by atomic mass is 9.33. The monoisotopic (exact) mass is 442 g/mol. The minimum Gasteiger partial charge on any atom is -0.396 e. The Kier molecular flexibility index (Phi) is 5.02. The van der Waals surface area contributed by atoms with Crippen LogP contribution in [0, 0.1) is 50.2 Å². The molecule has 182 valence electrons. The Hall–Kier alpha value is -0.340. The summed E-state index contributed by atoms with van der Waals surface area (Å²) in [5, 5.41) is 21.5. The molecule has 0 aromatic carbocycles. The van der Waals surface area contributed by atoms with E-state index in [9.17, 15) is 10.2 Å². The maximum Gasteiger partial charge on any atom is 0.0594 e. The summed E-state index contributed by atoms with van der Waals surface area (Å²) >= 11 is 0. The van der Waals surface area contributed by atoms with E-state index < -0.39 is 0 Å². The molecule has 0 saturated heterocycles. The summed E-state index contributed by atoms with van der Waals surface area (Å²) in [5.41, 5.74) is 3.16. The van der Waals surface area contributed by atoms with Gasteiger partial charge in [0, 0.05) is 12.0 Å². The van der Waals surface area contributed by atoms with Crippen LogP contribution >= 0.6 is 0 Å². The van der Waals surface area contributed by atoms with Gasteiger partial charge in [-0.25, -0.2) is 0 Å². The Morgan fingerprint density at radius 3 is 2.22 bits per heavy atom. The van der Waals surface area contributed by atoms with Gasteiger partial charge in [0.1, 0.15) is 0 Å². The highest BCUT2D eigenvalue weighted by Gasteiger charge is 2.68. The van der Waals surface area contributed by atoms with Gasteiger partial charge in [0.25, 0.3) is 0 Å². The summed E-state index contributed by atoms with van der Waals surface area (Å²) in [6.45, 7) is 17.8. The first kappa shape index (κ1) is 23.4. The number of rotatable bonds is 1. The van der Waals surface area contributed by atoms with Crippen LogP contribution in [0.25, 0.3) is 0 Å². The smallest absolute Gasteiger partial charge is 0.0594 e. The highest BCUT2D eigenvalue weighted by atomic mass is 16.3. The number of aliphatic hydroxyl groups excluding tert-OH is 2. The molecule has 0 aromatic heterocycles. The number of aliphatic hydroxyl groups is 2. The summed E-state index contributed by atoms with van der Waals surface area (Å²) in [6, 6.07) is 0. The number of fused-ring (bicyclic) bond motifs is 7. The zero-order valence-electron chi connectivity index (χ0n) is 22.1. The maximum atomic E-state index is 10.9. The van der Waals surface area contributed by atoms with Gasteiger partial charge in [-0.3, -0.25) is 0 Å². The average Bonchev–Trinajstić information content (AvgIpc) is 2.71.